The average Bonchev–Trinajstić information content (AvgIpc) is 3.73. The lowest BCUT2D eigenvalue weighted by Gasteiger charge is -2.13. The van der Waals surface area contributed by atoms with Crippen LogP contribution in [-0.2, 0) is 19.3 Å². The lowest BCUT2D eigenvalue weighted by Crippen LogP contribution is -2.21. The Kier molecular flexibility index (Phi) is 6.91. The molecule has 0 unspecified atom stereocenters. The highest BCUT2D eigenvalue weighted by molar-refractivity contribution is 5.78. The molecule has 0 amide bonds. The van der Waals surface area contributed by atoms with Crippen molar-refractivity contribution in [3.05, 3.63) is 82.4 Å². The summed E-state index contributed by atoms with van der Waals surface area (Å²) < 4.78 is 73.5. The van der Waals surface area contributed by atoms with Gasteiger partial charge in [-0.3, -0.25) is 9.36 Å². The number of hydrogen-bond acceptors (Lipinski definition) is 7. The first-order valence-electron chi connectivity index (χ1n) is 12.9. The number of alkyl halides is 5. The quantitative estimate of drug-likeness (QED) is 0.228. The molecule has 0 spiro atoms. The topological polar surface area (TPSA) is 101 Å². The number of imidazole rings is 1. The lowest BCUT2D eigenvalue weighted by molar-refractivity contribution is -0.140. The van der Waals surface area contributed by atoms with Crippen LogP contribution in [0.3, 0.4) is 0 Å². The van der Waals surface area contributed by atoms with Crippen molar-refractivity contribution in [2.75, 3.05) is 7.11 Å². The summed E-state index contributed by atoms with van der Waals surface area (Å²) in [5, 5.41) is 0.604. The first kappa shape index (κ1) is 27.4. The average molecular weight is 584 g/mol. The molecule has 6 rings (SSSR count). The monoisotopic (exact) mass is 583 g/mol. The van der Waals surface area contributed by atoms with Gasteiger partial charge in [-0.15, -0.1) is 0 Å². The molecule has 42 heavy (non-hydrogen) atoms. The van der Waals surface area contributed by atoms with Gasteiger partial charge in [0, 0.05) is 35.3 Å². The second kappa shape index (κ2) is 10.6. The summed E-state index contributed by atoms with van der Waals surface area (Å²) in [5.41, 5.74) is 0.938. The summed E-state index contributed by atoms with van der Waals surface area (Å²) in [7, 11) is 1.49. The molecule has 1 aliphatic rings. The predicted molar refractivity (Wildman–Crippen MR) is 141 cm³/mol. The van der Waals surface area contributed by atoms with Gasteiger partial charge in [-0.25, -0.2) is 33.7 Å². The normalized spacial score (nSPS) is 13.7. The minimum Gasteiger partial charge on any atom is -0.480 e. The van der Waals surface area contributed by atoms with E-state index in [-0.39, 0.29) is 29.4 Å². The summed E-state index contributed by atoms with van der Waals surface area (Å²) in [5.74, 6) is 0.643. The molecule has 1 aliphatic carbocycles. The van der Waals surface area contributed by atoms with E-state index in [1.807, 2.05) is 0 Å². The van der Waals surface area contributed by atoms with Crippen molar-refractivity contribution >= 4 is 11.0 Å². The standard InChI is InChI=1S/C28H22F5N7O2/c1-42-27-22(23(16-6-7-16)35-14-36-27)24-34-10-18-8-9-21(41)40(26(18)38-24)11-15-2-4-17(5-3-15)25-37-19(28(31,32)33)12-39(25)13-20(29)30/h2-5,8-10,12,14,16,20H,6-7,11,13H2,1H3. The number of nitrogens with zero attached hydrogens (tertiary/aromatic N) is 7. The van der Waals surface area contributed by atoms with Crippen LogP contribution >= 0.6 is 0 Å². The number of methoxy groups -OCH3 is 1. The molecule has 1 saturated carbocycles. The highest BCUT2D eigenvalue weighted by atomic mass is 19.4. The number of aromatic nitrogens is 7. The maximum atomic E-state index is 13.2. The number of halogens is 5. The Morgan fingerprint density at radius 1 is 1.02 bits per heavy atom. The van der Waals surface area contributed by atoms with Gasteiger partial charge in [0.25, 0.3) is 12.0 Å². The molecular weight excluding hydrogens is 561 g/mol. The van der Waals surface area contributed by atoms with Crippen molar-refractivity contribution in [1.82, 2.24) is 34.1 Å². The third kappa shape index (κ3) is 5.31. The molecule has 4 heterocycles. The van der Waals surface area contributed by atoms with E-state index in [1.54, 1.807) is 24.4 Å². The van der Waals surface area contributed by atoms with Gasteiger partial charge in [-0.1, -0.05) is 24.3 Å². The fraction of sp³-hybridized carbons (Fsp3) is 0.286. The number of rotatable bonds is 8. The number of benzene rings is 1. The minimum atomic E-state index is -4.78. The SMILES string of the molecule is COc1ncnc(C2CC2)c1-c1ncc2ccc(=O)n(Cc3ccc(-c4nc(C(F)(F)F)cn4CC(F)F)cc3)c2n1. The van der Waals surface area contributed by atoms with Crippen LogP contribution in [0.2, 0.25) is 0 Å². The van der Waals surface area contributed by atoms with Gasteiger partial charge >= 0.3 is 6.18 Å². The van der Waals surface area contributed by atoms with E-state index in [4.69, 9.17) is 9.72 Å². The Hall–Kier alpha value is -4.75. The van der Waals surface area contributed by atoms with Crippen LogP contribution in [0.4, 0.5) is 22.0 Å². The minimum absolute atomic E-state index is 0.0735. The van der Waals surface area contributed by atoms with E-state index < -0.39 is 24.8 Å². The molecule has 4 aromatic heterocycles. The Morgan fingerprint density at radius 3 is 2.45 bits per heavy atom. The van der Waals surface area contributed by atoms with Gasteiger partial charge < -0.3 is 9.30 Å². The zero-order valence-corrected chi connectivity index (χ0v) is 22.0. The first-order chi connectivity index (χ1) is 20.1. The summed E-state index contributed by atoms with van der Waals surface area (Å²) in [4.78, 5) is 34.4. The van der Waals surface area contributed by atoms with Crippen molar-refractivity contribution < 1.29 is 26.7 Å². The van der Waals surface area contributed by atoms with Gasteiger partial charge in [0.2, 0.25) is 5.88 Å². The highest BCUT2D eigenvalue weighted by Gasteiger charge is 2.35. The van der Waals surface area contributed by atoms with Crippen LogP contribution in [-0.4, -0.2) is 47.6 Å². The van der Waals surface area contributed by atoms with E-state index in [0.29, 0.717) is 40.1 Å². The largest absolute Gasteiger partial charge is 0.480 e. The molecule has 0 radical (unpaired) electrons. The Bertz CT molecular complexity index is 1830. The second-order valence-corrected chi connectivity index (χ2v) is 9.84. The molecule has 0 N–H and O–H groups in total. The van der Waals surface area contributed by atoms with Crippen LogP contribution in [0.1, 0.15) is 35.7 Å². The molecule has 0 saturated heterocycles. The van der Waals surface area contributed by atoms with Crippen LogP contribution in [0.15, 0.2) is 59.9 Å². The zero-order chi connectivity index (χ0) is 29.6. The fourth-order valence-corrected chi connectivity index (χ4v) is 4.77. The van der Waals surface area contributed by atoms with Crippen molar-refractivity contribution in [3.63, 3.8) is 0 Å². The number of hydrogen-bond donors (Lipinski definition) is 0. The van der Waals surface area contributed by atoms with E-state index in [2.05, 4.69) is 19.9 Å². The van der Waals surface area contributed by atoms with Gasteiger partial charge in [-0.2, -0.15) is 13.2 Å². The predicted octanol–water partition coefficient (Wildman–Crippen LogP) is 5.33. The van der Waals surface area contributed by atoms with E-state index in [1.165, 1.54) is 36.2 Å². The van der Waals surface area contributed by atoms with Crippen LogP contribution < -0.4 is 10.3 Å². The Morgan fingerprint density at radius 2 is 1.79 bits per heavy atom. The van der Waals surface area contributed by atoms with Crippen LogP contribution in [0.5, 0.6) is 5.88 Å². The summed E-state index contributed by atoms with van der Waals surface area (Å²) in [6, 6.07) is 9.15. The van der Waals surface area contributed by atoms with E-state index in [0.717, 1.165) is 23.1 Å². The maximum absolute atomic E-state index is 13.2. The fourth-order valence-electron chi connectivity index (χ4n) is 4.77. The number of fused-ring (bicyclic) bond motifs is 1. The Balaban J connectivity index is 1.37. The molecule has 0 aliphatic heterocycles. The summed E-state index contributed by atoms with van der Waals surface area (Å²) in [6.07, 6.45) is -2.10. The lowest BCUT2D eigenvalue weighted by atomic mass is 10.1. The van der Waals surface area contributed by atoms with Crippen LogP contribution in [0.25, 0.3) is 33.8 Å². The molecule has 1 aromatic carbocycles. The molecule has 0 bridgehead atoms. The maximum Gasteiger partial charge on any atom is 0.434 e. The number of ether oxygens (including phenoxy) is 1. The molecule has 5 aromatic rings. The Labute approximate surface area is 234 Å². The summed E-state index contributed by atoms with van der Waals surface area (Å²) >= 11 is 0. The smallest absolute Gasteiger partial charge is 0.434 e. The third-order valence-corrected chi connectivity index (χ3v) is 6.90. The summed E-state index contributed by atoms with van der Waals surface area (Å²) in [6.45, 7) is -0.864. The molecule has 14 heteroatoms. The van der Waals surface area contributed by atoms with Crippen LogP contribution in [0, 0.1) is 0 Å². The first-order valence-corrected chi connectivity index (χ1v) is 12.9. The third-order valence-electron chi connectivity index (χ3n) is 6.90. The van der Waals surface area contributed by atoms with Crippen molar-refractivity contribution in [3.8, 4) is 28.7 Å². The van der Waals surface area contributed by atoms with E-state index >= 15 is 0 Å². The molecule has 9 nitrogen and oxygen atoms in total. The van der Waals surface area contributed by atoms with Gasteiger partial charge in [0.1, 0.15) is 23.4 Å². The molecule has 1 fully saturated rings. The van der Waals surface area contributed by atoms with Gasteiger partial charge in [0.05, 0.1) is 25.9 Å². The highest BCUT2D eigenvalue weighted by Crippen LogP contribution is 2.44. The van der Waals surface area contributed by atoms with E-state index in [9.17, 15) is 26.7 Å². The van der Waals surface area contributed by atoms with Crippen molar-refractivity contribution in [2.45, 2.75) is 44.5 Å². The zero-order valence-electron chi connectivity index (χ0n) is 22.0. The number of pyridine rings is 1. The van der Waals surface area contributed by atoms with Gasteiger partial charge in [-0.05, 0) is 24.5 Å². The molecular formula is C28H22F5N7O2. The van der Waals surface area contributed by atoms with Gasteiger partial charge in [0.15, 0.2) is 11.5 Å². The van der Waals surface area contributed by atoms with Crippen molar-refractivity contribution in [2.24, 2.45) is 0 Å². The second-order valence-electron chi connectivity index (χ2n) is 9.84. The molecule has 0 atom stereocenters. The van der Waals surface area contributed by atoms with Crippen molar-refractivity contribution in [1.29, 1.82) is 0 Å². The molecule has 216 valence electrons.